The van der Waals surface area contributed by atoms with Gasteiger partial charge in [-0.1, -0.05) is 30.1 Å². The van der Waals surface area contributed by atoms with E-state index < -0.39 is 0 Å². The van der Waals surface area contributed by atoms with Crippen LogP contribution in [-0.2, 0) is 4.79 Å². The Bertz CT molecular complexity index is 499. The highest BCUT2D eigenvalue weighted by atomic mass is 35.5. The molecule has 0 saturated carbocycles. The van der Waals surface area contributed by atoms with Gasteiger partial charge >= 0.3 is 0 Å². The number of carbonyl (C=O) groups is 1. The molecule has 4 nitrogen and oxygen atoms in total. The molecule has 7 heteroatoms. The first-order valence-corrected chi connectivity index (χ1v) is 7.37. The van der Waals surface area contributed by atoms with Gasteiger partial charge in [0.2, 0.25) is 5.91 Å². The van der Waals surface area contributed by atoms with Crippen molar-refractivity contribution in [1.29, 1.82) is 0 Å². The predicted octanol–water partition coefficient (Wildman–Crippen LogP) is 2.99. The molecular weight excluding hydrogens is 335 g/mol. The Morgan fingerprint density at radius 3 is 2.81 bits per heavy atom. The quantitative estimate of drug-likeness (QED) is 0.905. The van der Waals surface area contributed by atoms with Crippen molar-refractivity contribution in [3.05, 3.63) is 28.2 Å². The number of rotatable bonds is 4. The van der Waals surface area contributed by atoms with Crippen LogP contribution in [0.2, 0.25) is 10.0 Å². The summed E-state index contributed by atoms with van der Waals surface area (Å²) in [7, 11) is 0. The molecule has 2 rings (SSSR count). The Kier molecular flexibility index (Phi) is 7.07. The number of hydrogen-bond donors (Lipinski definition) is 1. The van der Waals surface area contributed by atoms with Crippen molar-refractivity contribution in [2.45, 2.75) is 19.4 Å². The molecule has 1 aliphatic rings. The summed E-state index contributed by atoms with van der Waals surface area (Å²) in [5.74, 6) is 0.622. The summed E-state index contributed by atoms with van der Waals surface area (Å²) in [6, 6.07) is 5.17. The summed E-state index contributed by atoms with van der Waals surface area (Å²) in [6.07, 6.45) is 0.796. The molecule has 1 aliphatic heterocycles. The second-order valence-corrected chi connectivity index (χ2v) is 5.84. The van der Waals surface area contributed by atoms with Gasteiger partial charge < -0.3 is 15.4 Å². The summed E-state index contributed by atoms with van der Waals surface area (Å²) in [6.45, 7) is 3.50. The number of benzene rings is 1. The maximum atomic E-state index is 12.0. The standard InChI is InChI=1S/C14H18Cl2N2O2.ClH/c1-9(7-17)14(19)18-5-4-11(8-18)20-10-2-3-12(15)13(16)6-10;/h2-3,6,9,11H,4-5,7-8,17H2,1H3;1H. The van der Waals surface area contributed by atoms with E-state index in [1.807, 2.05) is 6.92 Å². The molecular formula is C14H19Cl3N2O2. The molecule has 0 bridgehead atoms. The SMILES string of the molecule is CC(CN)C(=O)N1CCC(Oc2ccc(Cl)c(Cl)c2)C1.Cl. The summed E-state index contributed by atoms with van der Waals surface area (Å²) in [4.78, 5) is 13.8. The predicted molar refractivity (Wildman–Crippen MR) is 87.5 cm³/mol. The maximum Gasteiger partial charge on any atom is 0.226 e. The third kappa shape index (κ3) is 4.65. The van der Waals surface area contributed by atoms with Crippen LogP contribution in [-0.4, -0.2) is 36.5 Å². The van der Waals surface area contributed by atoms with Crippen molar-refractivity contribution < 1.29 is 9.53 Å². The Morgan fingerprint density at radius 1 is 1.48 bits per heavy atom. The lowest BCUT2D eigenvalue weighted by atomic mass is 10.1. The van der Waals surface area contributed by atoms with Crippen molar-refractivity contribution in [3.63, 3.8) is 0 Å². The number of likely N-dealkylation sites (tertiary alicyclic amines) is 1. The van der Waals surface area contributed by atoms with Gasteiger partial charge in [0.15, 0.2) is 0 Å². The van der Waals surface area contributed by atoms with Gasteiger partial charge in [0.1, 0.15) is 11.9 Å². The van der Waals surface area contributed by atoms with E-state index in [4.69, 9.17) is 33.7 Å². The average molecular weight is 354 g/mol. The maximum absolute atomic E-state index is 12.0. The smallest absolute Gasteiger partial charge is 0.226 e. The van der Waals surface area contributed by atoms with Gasteiger partial charge in [0, 0.05) is 31.5 Å². The number of ether oxygens (including phenoxy) is 1. The van der Waals surface area contributed by atoms with E-state index in [0.717, 1.165) is 6.42 Å². The van der Waals surface area contributed by atoms with Crippen LogP contribution in [0.5, 0.6) is 5.75 Å². The van der Waals surface area contributed by atoms with E-state index in [9.17, 15) is 4.79 Å². The lowest BCUT2D eigenvalue weighted by molar-refractivity contribution is -0.133. The third-order valence-electron chi connectivity index (χ3n) is 3.43. The number of carbonyl (C=O) groups excluding carboxylic acids is 1. The Balaban J connectivity index is 0.00000220. The monoisotopic (exact) mass is 352 g/mol. The normalized spacial score (nSPS) is 19.0. The summed E-state index contributed by atoms with van der Waals surface area (Å²) >= 11 is 11.8. The van der Waals surface area contributed by atoms with Gasteiger partial charge in [-0.2, -0.15) is 0 Å². The molecule has 2 unspecified atom stereocenters. The fraction of sp³-hybridized carbons (Fsp3) is 0.500. The van der Waals surface area contributed by atoms with Gasteiger partial charge in [0.25, 0.3) is 0 Å². The Hall–Kier alpha value is -0.680. The van der Waals surface area contributed by atoms with Crippen molar-refractivity contribution in [2.75, 3.05) is 19.6 Å². The lowest BCUT2D eigenvalue weighted by Crippen LogP contribution is -2.37. The number of amides is 1. The van der Waals surface area contributed by atoms with E-state index in [1.165, 1.54) is 0 Å². The van der Waals surface area contributed by atoms with E-state index in [0.29, 0.717) is 35.4 Å². The summed E-state index contributed by atoms with van der Waals surface area (Å²) < 4.78 is 5.84. The van der Waals surface area contributed by atoms with E-state index in [1.54, 1.807) is 23.1 Å². The van der Waals surface area contributed by atoms with Crippen LogP contribution >= 0.6 is 35.6 Å². The van der Waals surface area contributed by atoms with E-state index >= 15 is 0 Å². The Labute approximate surface area is 140 Å². The molecule has 0 aromatic heterocycles. The van der Waals surface area contributed by atoms with Gasteiger partial charge in [-0.05, 0) is 12.1 Å². The zero-order valence-electron chi connectivity index (χ0n) is 11.7. The van der Waals surface area contributed by atoms with Crippen LogP contribution < -0.4 is 10.5 Å². The second-order valence-electron chi connectivity index (χ2n) is 5.03. The molecule has 0 radical (unpaired) electrons. The minimum Gasteiger partial charge on any atom is -0.488 e. The molecule has 1 heterocycles. The molecule has 0 aliphatic carbocycles. The minimum atomic E-state index is -0.140. The fourth-order valence-corrected chi connectivity index (χ4v) is 2.47. The topological polar surface area (TPSA) is 55.6 Å². The van der Waals surface area contributed by atoms with Gasteiger partial charge in [0.05, 0.1) is 16.6 Å². The number of nitrogens with zero attached hydrogens (tertiary/aromatic N) is 1. The van der Waals surface area contributed by atoms with Gasteiger partial charge in [-0.15, -0.1) is 12.4 Å². The molecule has 1 amide bonds. The van der Waals surface area contributed by atoms with Gasteiger partial charge in [-0.3, -0.25) is 4.79 Å². The molecule has 1 aromatic rings. The molecule has 1 saturated heterocycles. The highest BCUT2D eigenvalue weighted by Gasteiger charge is 2.29. The zero-order chi connectivity index (χ0) is 14.7. The van der Waals surface area contributed by atoms with Crippen LogP contribution in [0.4, 0.5) is 0 Å². The van der Waals surface area contributed by atoms with Crippen molar-refractivity contribution in [2.24, 2.45) is 11.7 Å². The highest BCUT2D eigenvalue weighted by molar-refractivity contribution is 6.42. The summed E-state index contributed by atoms with van der Waals surface area (Å²) in [5.41, 5.74) is 5.52. The molecule has 1 aromatic carbocycles. The minimum absolute atomic E-state index is 0. The lowest BCUT2D eigenvalue weighted by Gasteiger charge is -2.20. The number of halogens is 3. The number of hydrogen-bond acceptors (Lipinski definition) is 3. The average Bonchev–Trinajstić information content (AvgIpc) is 2.89. The molecule has 21 heavy (non-hydrogen) atoms. The van der Waals surface area contributed by atoms with Crippen molar-refractivity contribution >= 4 is 41.5 Å². The molecule has 118 valence electrons. The highest BCUT2D eigenvalue weighted by Crippen LogP contribution is 2.28. The molecule has 1 fully saturated rings. The summed E-state index contributed by atoms with van der Waals surface area (Å²) in [5, 5.41) is 0.964. The molecule has 2 atom stereocenters. The van der Waals surface area contributed by atoms with E-state index in [2.05, 4.69) is 0 Å². The van der Waals surface area contributed by atoms with Crippen LogP contribution in [0.1, 0.15) is 13.3 Å². The third-order valence-corrected chi connectivity index (χ3v) is 4.16. The van der Waals surface area contributed by atoms with Crippen LogP contribution in [0, 0.1) is 5.92 Å². The first-order chi connectivity index (χ1) is 9.51. The zero-order valence-corrected chi connectivity index (χ0v) is 14.0. The number of nitrogens with two attached hydrogens (primary N) is 1. The van der Waals surface area contributed by atoms with E-state index in [-0.39, 0.29) is 30.3 Å². The van der Waals surface area contributed by atoms with Gasteiger partial charge in [-0.25, -0.2) is 0 Å². The molecule has 2 N–H and O–H groups in total. The van der Waals surface area contributed by atoms with Crippen LogP contribution in [0.25, 0.3) is 0 Å². The first-order valence-electron chi connectivity index (χ1n) is 6.62. The van der Waals surface area contributed by atoms with Crippen molar-refractivity contribution in [3.8, 4) is 5.75 Å². The van der Waals surface area contributed by atoms with Crippen LogP contribution in [0.15, 0.2) is 18.2 Å². The first kappa shape index (κ1) is 18.4. The van der Waals surface area contributed by atoms with Crippen LogP contribution in [0.3, 0.4) is 0 Å². The van der Waals surface area contributed by atoms with Crippen molar-refractivity contribution in [1.82, 2.24) is 4.90 Å². The Morgan fingerprint density at radius 2 is 2.19 bits per heavy atom. The fourth-order valence-electron chi connectivity index (χ4n) is 2.18. The largest absolute Gasteiger partial charge is 0.488 e. The second kappa shape index (κ2) is 8.08. The molecule has 0 spiro atoms.